The largest absolute Gasteiger partial charge is 0.338 e. The minimum Gasteiger partial charge on any atom is -0.338 e. The number of benzene rings is 1. The highest BCUT2D eigenvalue weighted by atomic mass is 35.5. The highest BCUT2D eigenvalue weighted by molar-refractivity contribution is 7.98. The zero-order chi connectivity index (χ0) is 14.5. The Morgan fingerprint density at radius 2 is 2.30 bits per heavy atom. The van der Waals surface area contributed by atoms with E-state index in [1.807, 2.05) is 6.26 Å². The Balaban J connectivity index is 2.10. The summed E-state index contributed by atoms with van der Waals surface area (Å²) in [7, 11) is 0. The first-order valence-corrected chi connectivity index (χ1v) is 7.89. The van der Waals surface area contributed by atoms with Gasteiger partial charge < -0.3 is 10.3 Å². The first-order valence-electron chi connectivity index (χ1n) is 6.11. The Labute approximate surface area is 125 Å². The highest BCUT2D eigenvalue weighted by Gasteiger charge is 2.16. The van der Waals surface area contributed by atoms with Crippen LogP contribution in [0.25, 0.3) is 0 Å². The summed E-state index contributed by atoms with van der Waals surface area (Å²) >= 11 is 7.66. The van der Waals surface area contributed by atoms with E-state index < -0.39 is 0 Å². The topological polar surface area (TPSA) is 64.9 Å². The van der Waals surface area contributed by atoms with Gasteiger partial charge in [-0.3, -0.25) is 0 Å². The van der Waals surface area contributed by atoms with Crippen LogP contribution in [0.15, 0.2) is 22.7 Å². The predicted molar refractivity (Wildman–Crippen MR) is 78.4 cm³/mol. The van der Waals surface area contributed by atoms with Crippen molar-refractivity contribution in [2.24, 2.45) is 5.73 Å². The van der Waals surface area contributed by atoms with Crippen LogP contribution in [0.4, 0.5) is 4.39 Å². The van der Waals surface area contributed by atoms with Gasteiger partial charge in [0.05, 0.1) is 6.04 Å². The maximum absolute atomic E-state index is 13.7. The second kappa shape index (κ2) is 7.06. The zero-order valence-corrected chi connectivity index (χ0v) is 12.5. The Kier molecular flexibility index (Phi) is 5.39. The maximum Gasteiger partial charge on any atom is 0.243 e. The fraction of sp³-hybridized carbons (Fsp3) is 0.385. The van der Waals surface area contributed by atoms with Crippen LogP contribution in [0, 0.1) is 5.82 Å². The molecule has 2 N–H and O–H groups in total. The molecule has 1 unspecified atom stereocenters. The number of aromatic nitrogens is 2. The van der Waals surface area contributed by atoms with E-state index in [0.717, 1.165) is 12.2 Å². The van der Waals surface area contributed by atoms with Crippen LogP contribution in [0.2, 0.25) is 5.02 Å². The average molecular weight is 316 g/mol. The van der Waals surface area contributed by atoms with Gasteiger partial charge in [0.25, 0.3) is 0 Å². The molecular weight excluding hydrogens is 301 g/mol. The van der Waals surface area contributed by atoms with Crippen molar-refractivity contribution in [2.75, 3.05) is 12.0 Å². The van der Waals surface area contributed by atoms with Crippen LogP contribution >= 0.6 is 23.4 Å². The lowest BCUT2D eigenvalue weighted by Gasteiger charge is -2.04. The molecule has 0 bridgehead atoms. The van der Waals surface area contributed by atoms with Gasteiger partial charge in [-0.25, -0.2) is 4.39 Å². The number of nitrogens with zero attached hydrogens (tertiary/aromatic N) is 2. The Morgan fingerprint density at radius 1 is 1.50 bits per heavy atom. The molecule has 0 saturated heterocycles. The minimum absolute atomic E-state index is 0.185. The van der Waals surface area contributed by atoms with Crippen LogP contribution < -0.4 is 5.73 Å². The van der Waals surface area contributed by atoms with E-state index in [-0.39, 0.29) is 18.3 Å². The first-order chi connectivity index (χ1) is 9.61. The normalized spacial score (nSPS) is 12.6. The van der Waals surface area contributed by atoms with Gasteiger partial charge in [-0.2, -0.15) is 16.7 Å². The molecule has 0 radical (unpaired) electrons. The Morgan fingerprint density at radius 3 is 3.00 bits per heavy atom. The second-order valence-corrected chi connectivity index (χ2v) is 5.71. The van der Waals surface area contributed by atoms with Gasteiger partial charge in [0.2, 0.25) is 5.89 Å². The summed E-state index contributed by atoms with van der Waals surface area (Å²) in [4.78, 5) is 4.20. The number of nitrogens with two attached hydrogens (primary N) is 1. The summed E-state index contributed by atoms with van der Waals surface area (Å²) in [5.41, 5.74) is 6.30. The van der Waals surface area contributed by atoms with Crippen molar-refractivity contribution < 1.29 is 8.91 Å². The van der Waals surface area contributed by atoms with Crippen molar-refractivity contribution in [1.82, 2.24) is 10.1 Å². The van der Waals surface area contributed by atoms with E-state index in [4.69, 9.17) is 21.9 Å². The molecule has 0 saturated carbocycles. The van der Waals surface area contributed by atoms with Gasteiger partial charge in [-0.1, -0.05) is 22.8 Å². The van der Waals surface area contributed by atoms with Crippen LogP contribution in [0.1, 0.15) is 29.7 Å². The molecule has 0 amide bonds. The Hall–Kier alpha value is -1.11. The molecule has 2 aromatic rings. The van der Waals surface area contributed by atoms with E-state index >= 15 is 0 Å². The molecule has 2 rings (SSSR count). The summed E-state index contributed by atoms with van der Waals surface area (Å²) in [5, 5.41) is 4.17. The number of rotatable bonds is 6. The molecule has 4 nitrogen and oxygen atoms in total. The molecule has 0 aliphatic carbocycles. The highest BCUT2D eigenvalue weighted by Crippen LogP contribution is 2.22. The monoisotopic (exact) mass is 315 g/mol. The fourth-order valence-electron chi connectivity index (χ4n) is 1.72. The van der Waals surface area contributed by atoms with Crippen molar-refractivity contribution in [3.8, 4) is 0 Å². The van der Waals surface area contributed by atoms with Crippen LogP contribution in [-0.4, -0.2) is 22.1 Å². The van der Waals surface area contributed by atoms with Gasteiger partial charge in [0.15, 0.2) is 5.82 Å². The molecule has 0 aliphatic heterocycles. The SMILES string of the molecule is CSCCC(N)c1nc(Cc2c(F)cccc2Cl)no1. The third kappa shape index (κ3) is 3.71. The molecule has 0 fully saturated rings. The summed E-state index contributed by atoms with van der Waals surface area (Å²) in [6.45, 7) is 0. The summed E-state index contributed by atoms with van der Waals surface area (Å²) < 4.78 is 18.8. The van der Waals surface area contributed by atoms with Crippen molar-refractivity contribution in [1.29, 1.82) is 0 Å². The van der Waals surface area contributed by atoms with Crippen molar-refractivity contribution >= 4 is 23.4 Å². The minimum atomic E-state index is -0.379. The lowest BCUT2D eigenvalue weighted by molar-refractivity contribution is 0.349. The van der Waals surface area contributed by atoms with Gasteiger partial charge in [-0.15, -0.1) is 0 Å². The standard InChI is InChI=1S/C13H15ClFN3OS/c1-20-6-5-11(16)13-17-12(18-19-13)7-8-9(14)3-2-4-10(8)15/h2-4,11H,5-7,16H2,1H3. The third-order valence-corrected chi connectivity index (χ3v) is 3.83. The van der Waals surface area contributed by atoms with Crippen molar-refractivity contribution in [3.63, 3.8) is 0 Å². The molecule has 1 aromatic carbocycles. The van der Waals surface area contributed by atoms with E-state index in [9.17, 15) is 4.39 Å². The van der Waals surface area contributed by atoms with Gasteiger partial charge in [0, 0.05) is 17.0 Å². The smallest absolute Gasteiger partial charge is 0.243 e. The molecule has 20 heavy (non-hydrogen) atoms. The molecule has 1 heterocycles. The lowest BCUT2D eigenvalue weighted by atomic mass is 10.1. The Bertz CT molecular complexity index is 558. The fourth-order valence-corrected chi connectivity index (χ4v) is 2.44. The third-order valence-electron chi connectivity index (χ3n) is 2.83. The molecular formula is C13H15ClFN3OS. The number of hydrogen-bond donors (Lipinski definition) is 1. The summed E-state index contributed by atoms with van der Waals surface area (Å²) in [6, 6.07) is 4.25. The second-order valence-electron chi connectivity index (χ2n) is 4.31. The summed E-state index contributed by atoms with van der Waals surface area (Å²) in [6.07, 6.45) is 2.94. The van der Waals surface area contributed by atoms with Gasteiger partial charge >= 0.3 is 0 Å². The molecule has 7 heteroatoms. The van der Waals surface area contributed by atoms with E-state index in [1.54, 1.807) is 23.9 Å². The lowest BCUT2D eigenvalue weighted by Crippen LogP contribution is -2.11. The van der Waals surface area contributed by atoms with Crippen molar-refractivity contribution in [3.05, 3.63) is 46.3 Å². The van der Waals surface area contributed by atoms with Crippen LogP contribution in [-0.2, 0) is 6.42 Å². The predicted octanol–water partition coefficient (Wildman–Crippen LogP) is 3.21. The van der Waals surface area contributed by atoms with Crippen LogP contribution in [0.3, 0.4) is 0 Å². The first kappa shape index (κ1) is 15.3. The zero-order valence-electron chi connectivity index (χ0n) is 11.0. The number of halogens is 2. The summed E-state index contributed by atoms with van der Waals surface area (Å²) in [5.74, 6) is 1.29. The number of thioether (sulfide) groups is 1. The maximum atomic E-state index is 13.7. The van der Waals surface area contributed by atoms with E-state index in [2.05, 4.69) is 10.1 Å². The molecule has 0 spiro atoms. The average Bonchev–Trinajstić information content (AvgIpc) is 2.89. The van der Waals surface area contributed by atoms with Crippen LogP contribution in [0.5, 0.6) is 0 Å². The molecule has 0 aliphatic rings. The molecule has 108 valence electrons. The molecule has 1 aromatic heterocycles. The van der Waals surface area contributed by atoms with E-state index in [0.29, 0.717) is 22.3 Å². The van der Waals surface area contributed by atoms with Crippen molar-refractivity contribution in [2.45, 2.75) is 18.9 Å². The van der Waals surface area contributed by atoms with Gasteiger partial charge in [-0.05, 0) is 30.6 Å². The van der Waals surface area contributed by atoms with E-state index in [1.165, 1.54) is 6.07 Å². The van der Waals surface area contributed by atoms with Gasteiger partial charge in [0.1, 0.15) is 5.82 Å². The quantitative estimate of drug-likeness (QED) is 0.886. The number of hydrogen-bond acceptors (Lipinski definition) is 5. The molecule has 1 atom stereocenters.